The minimum Gasteiger partial charge on any atom is -0.391 e. The molecule has 184 valence electrons. The van der Waals surface area contributed by atoms with Gasteiger partial charge in [0.2, 0.25) is 0 Å². The quantitative estimate of drug-likeness (QED) is 0.725. The molecule has 1 amide bonds. The lowest BCUT2D eigenvalue weighted by atomic mass is 9.84. The van der Waals surface area contributed by atoms with Gasteiger partial charge < -0.3 is 19.6 Å². The number of allylic oxidation sites excluding steroid dienone is 1. The van der Waals surface area contributed by atoms with Gasteiger partial charge >= 0.3 is 0 Å². The first kappa shape index (κ1) is 22.7. The van der Waals surface area contributed by atoms with E-state index in [0.29, 0.717) is 12.5 Å². The van der Waals surface area contributed by atoms with Gasteiger partial charge in [0, 0.05) is 37.3 Å². The van der Waals surface area contributed by atoms with Crippen molar-refractivity contribution in [3.63, 3.8) is 0 Å². The summed E-state index contributed by atoms with van der Waals surface area (Å²) in [6.45, 7) is 6.17. The molecule has 1 unspecified atom stereocenters. The number of aliphatic imine (C=N–C) groups is 1. The third-order valence-corrected chi connectivity index (χ3v) is 8.43. The fourth-order valence-electron chi connectivity index (χ4n) is 6.34. The highest BCUT2D eigenvalue weighted by Crippen LogP contribution is 2.38. The van der Waals surface area contributed by atoms with E-state index in [2.05, 4.69) is 54.4 Å². The van der Waals surface area contributed by atoms with E-state index in [9.17, 15) is 9.90 Å². The first-order chi connectivity index (χ1) is 17.1. The minimum atomic E-state index is -0.417. The highest BCUT2D eigenvalue weighted by atomic mass is 16.5. The normalized spacial score (nSPS) is 29.0. The molecular weight excluding hydrogens is 438 g/mol. The van der Waals surface area contributed by atoms with Crippen molar-refractivity contribution in [1.82, 2.24) is 9.80 Å². The third-order valence-electron chi connectivity index (χ3n) is 8.43. The minimum absolute atomic E-state index is 0.0693. The molecule has 3 heterocycles. The second-order valence-electron chi connectivity index (χ2n) is 10.6. The predicted molar refractivity (Wildman–Crippen MR) is 137 cm³/mol. The SMILES string of the molecule is C[C@H]1C=C(N2CCOCC2)N=CC1Cc1cc2c(c3ccccc13)CN([C@H]1CCCC[C@@H]1O)C2=O. The standard InChI is InChI=1S/C29H35N3O3/c1-19-14-28(31-10-12-35-13-11-31)30-17-21(19)15-20-16-24-25(23-7-3-2-6-22(20)23)18-32(29(24)34)26-8-4-5-9-27(26)33/h2-3,6-7,14,16-17,19,21,26-27,33H,4-5,8-13,15,18H2,1H3/t19-,21?,26-,27-/m0/s1. The monoisotopic (exact) mass is 473 g/mol. The molecule has 6 rings (SSSR count). The zero-order valence-electron chi connectivity index (χ0n) is 20.5. The molecule has 1 N–H and O–H groups in total. The average Bonchev–Trinajstić information content (AvgIpc) is 3.22. The van der Waals surface area contributed by atoms with Crippen molar-refractivity contribution < 1.29 is 14.6 Å². The molecule has 1 aliphatic carbocycles. The summed E-state index contributed by atoms with van der Waals surface area (Å²) in [6.07, 6.45) is 8.64. The molecule has 6 nitrogen and oxygen atoms in total. The molecule has 2 aromatic carbocycles. The summed E-state index contributed by atoms with van der Waals surface area (Å²) in [6, 6.07) is 10.6. The molecule has 1 saturated heterocycles. The van der Waals surface area contributed by atoms with Crippen LogP contribution in [0.4, 0.5) is 0 Å². The van der Waals surface area contributed by atoms with Crippen LogP contribution in [0.5, 0.6) is 0 Å². The summed E-state index contributed by atoms with van der Waals surface area (Å²) in [4.78, 5) is 22.7. The fraction of sp³-hybridized carbons (Fsp3) is 0.517. The van der Waals surface area contributed by atoms with E-state index in [4.69, 9.17) is 9.73 Å². The van der Waals surface area contributed by atoms with Crippen LogP contribution in [0.1, 0.15) is 54.1 Å². The molecule has 35 heavy (non-hydrogen) atoms. The molecule has 2 fully saturated rings. The van der Waals surface area contributed by atoms with Crippen LogP contribution in [0.3, 0.4) is 0 Å². The smallest absolute Gasteiger partial charge is 0.254 e. The summed E-state index contributed by atoms with van der Waals surface area (Å²) >= 11 is 0. The lowest BCUT2D eigenvalue weighted by molar-refractivity contribution is 0.0192. The maximum Gasteiger partial charge on any atom is 0.254 e. The average molecular weight is 474 g/mol. The van der Waals surface area contributed by atoms with Gasteiger partial charge in [0.05, 0.1) is 25.4 Å². The number of carbonyl (C=O) groups excluding carboxylic acids is 1. The maximum atomic E-state index is 13.6. The predicted octanol–water partition coefficient (Wildman–Crippen LogP) is 4.15. The molecule has 1 saturated carbocycles. The van der Waals surface area contributed by atoms with Gasteiger partial charge in [-0.05, 0) is 59.2 Å². The number of hydrogen-bond acceptors (Lipinski definition) is 5. The van der Waals surface area contributed by atoms with Gasteiger partial charge in [-0.1, -0.05) is 44.0 Å². The highest BCUT2D eigenvalue weighted by Gasteiger charge is 2.38. The Morgan fingerprint density at radius 2 is 1.89 bits per heavy atom. The molecule has 4 atom stereocenters. The van der Waals surface area contributed by atoms with E-state index in [1.807, 2.05) is 4.90 Å². The van der Waals surface area contributed by atoms with Crippen LogP contribution in [-0.2, 0) is 17.7 Å². The number of morpholine rings is 1. The lowest BCUT2D eigenvalue weighted by Gasteiger charge is -2.35. The molecular formula is C29H35N3O3. The number of amides is 1. The number of hydrogen-bond donors (Lipinski definition) is 1. The zero-order valence-corrected chi connectivity index (χ0v) is 20.5. The summed E-state index contributed by atoms with van der Waals surface area (Å²) in [5.41, 5.74) is 3.15. The van der Waals surface area contributed by atoms with Gasteiger partial charge in [0.1, 0.15) is 5.82 Å². The molecule has 3 aliphatic heterocycles. The van der Waals surface area contributed by atoms with Crippen LogP contribution >= 0.6 is 0 Å². The Morgan fingerprint density at radius 3 is 2.66 bits per heavy atom. The van der Waals surface area contributed by atoms with E-state index in [-0.39, 0.29) is 17.9 Å². The van der Waals surface area contributed by atoms with Crippen molar-refractivity contribution in [1.29, 1.82) is 0 Å². The van der Waals surface area contributed by atoms with Crippen LogP contribution in [0, 0.1) is 11.8 Å². The first-order valence-corrected chi connectivity index (χ1v) is 13.2. The Labute approximate surface area is 207 Å². The number of nitrogens with zero attached hydrogens (tertiary/aromatic N) is 3. The first-order valence-electron chi connectivity index (χ1n) is 13.2. The Bertz CT molecular complexity index is 1180. The lowest BCUT2D eigenvalue weighted by Crippen LogP contribution is -2.45. The molecule has 4 aliphatic rings. The van der Waals surface area contributed by atoms with E-state index in [1.165, 1.54) is 16.3 Å². The van der Waals surface area contributed by atoms with Gasteiger partial charge in [-0.15, -0.1) is 0 Å². The number of aliphatic hydroxyl groups is 1. The molecule has 0 bridgehead atoms. The second kappa shape index (κ2) is 9.40. The maximum absolute atomic E-state index is 13.6. The van der Waals surface area contributed by atoms with Gasteiger partial charge in [0.25, 0.3) is 5.91 Å². The molecule has 2 aromatic rings. The van der Waals surface area contributed by atoms with Crippen molar-refractivity contribution in [3.8, 4) is 0 Å². The molecule has 0 radical (unpaired) electrons. The number of ether oxygens (including phenoxy) is 1. The van der Waals surface area contributed by atoms with Crippen LogP contribution in [0.15, 0.2) is 47.2 Å². The van der Waals surface area contributed by atoms with Crippen molar-refractivity contribution in [2.75, 3.05) is 26.3 Å². The zero-order chi connectivity index (χ0) is 23.9. The fourth-order valence-corrected chi connectivity index (χ4v) is 6.34. The highest BCUT2D eigenvalue weighted by molar-refractivity contribution is 6.05. The van der Waals surface area contributed by atoms with Crippen molar-refractivity contribution >= 4 is 22.9 Å². The number of fused-ring (bicyclic) bond motifs is 3. The number of rotatable bonds is 4. The molecule has 0 spiro atoms. The number of benzene rings is 2. The van der Waals surface area contributed by atoms with E-state index < -0.39 is 6.10 Å². The summed E-state index contributed by atoms with van der Waals surface area (Å²) < 4.78 is 5.49. The van der Waals surface area contributed by atoms with Crippen LogP contribution < -0.4 is 0 Å². The van der Waals surface area contributed by atoms with Crippen molar-refractivity contribution in [3.05, 3.63) is 58.9 Å². The Kier molecular flexibility index (Phi) is 6.11. The molecule has 0 aromatic heterocycles. The Morgan fingerprint density at radius 1 is 1.11 bits per heavy atom. The Balaban J connectivity index is 1.28. The summed E-state index contributed by atoms with van der Waals surface area (Å²) in [5, 5.41) is 13.0. The largest absolute Gasteiger partial charge is 0.391 e. The van der Waals surface area contributed by atoms with Crippen molar-refractivity contribution in [2.24, 2.45) is 16.8 Å². The van der Waals surface area contributed by atoms with E-state index in [0.717, 1.165) is 75.4 Å². The van der Waals surface area contributed by atoms with Gasteiger partial charge in [-0.25, -0.2) is 4.99 Å². The van der Waals surface area contributed by atoms with E-state index in [1.54, 1.807) is 0 Å². The summed E-state index contributed by atoms with van der Waals surface area (Å²) in [5.74, 6) is 1.79. The van der Waals surface area contributed by atoms with Crippen LogP contribution in [-0.4, -0.2) is 65.5 Å². The summed E-state index contributed by atoms with van der Waals surface area (Å²) in [7, 11) is 0. The second-order valence-corrected chi connectivity index (χ2v) is 10.6. The van der Waals surface area contributed by atoms with Gasteiger partial charge in [0.15, 0.2) is 0 Å². The Hall–Kier alpha value is -2.70. The van der Waals surface area contributed by atoms with Gasteiger partial charge in [-0.2, -0.15) is 0 Å². The number of aliphatic hydroxyl groups excluding tert-OH is 1. The van der Waals surface area contributed by atoms with Crippen molar-refractivity contribution in [2.45, 2.75) is 57.7 Å². The van der Waals surface area contributed by atoms with Gasteiger partial charge in [-0.3, -0.25) is 4.79 Å². The topological polar surface area (TPSA) is 65.4 Å². The number of carbonyl (C=O) groups is 1. The van der Waals surface area contributed by atoms with Crippen LogP contribution in [0.25, 0.3) is 10.8 Å². The van der Waals surface area contributed by atoms with Crippen LogP contribution in [0.2, 0.25) is 0 Å². The van der Waals surface area contributed by atoms with E-state index >= 15 is 0 Å². The third kappa shape index (κ3) is 4.17. The molecule has 6 heteroatoms.